The molecule has 2 heteroatoms. The van der Waals surface area contributed by atoms with Crippen LogP contribution >= 0.6 is 0 Å². The predicted molar refractivity (Wildman–Crippen MR) is 538 cm³/mol. The molecular formula is C121H120N2. The van der Waals surface area contributed by atoms with Crippen LogP contribution in [0.3, 0.4) is 0 Å². The fraction of sp³-hybridized carbons (Fsp3) is 0.207. The Labute approximate surface area is 735 Å². The van der Waals surface area contributed by atoms with E-state index in [9.17, 15) is 0 Å². The SMILES string of the molecule is CC(C)(C)c1ccc(/C=C\c2ccc(N(c3ccc(/C=C/c4ccc(C(C)(C)C)cc4)cc3)c3ccc(C4(c5ccc(N(c6ccc(/C=C\c7ccc(C(C)(C)C)cc7)cc6)c6ccc(/C=C/c7ccc(C(C)(C)C)cc7)cc6)cc5)c5cc(/C=C/c6ccc(C(C)(C)C)cc6)ccc5-c5ccc(/C=C/c6ccc(C(C)(C)C)cc6)cc54)cc3)cc2)cc1. The van der Waals surface area contributed by atoms with Gasteiger partial charge in [0.1, 0.15) is 0 Å². The minimum atomic E-state index is -0.835. The van der Waals surface area contributed by atoms with Crippen LogP contribution in [-0.2, 0) is 37.9 Å². The summed E-state index contributed by atoms with van der Waals surface area (Å²) >= 11 is 0. The smallest absolute Gasteiger partial charge is 0.0714 e. The van der Waals surface area contributed by atoms with Gasteiger partial charge in [-0.05, 0) is 251 Å². The molecule has 0 atom stereocenters. The Kier molecular flexibility index (Phi) is 24.2. The fourth-order valence-corrected chi connectivity index (χ4v) is 16.6. The normalized spacial score (nSPS) is 13.3. The van der Waals surface area contributed by atoms with Gasteiger partial charge < -0.3 is 9.80 Å². The summed E-state index contributed by atoms with van der Waals surface area (Å²) in [5.41, 5.74) is 34.7. The number of fused-ring (bicyclic) bond motifs is 3. The number of rotatable bonds is 20. The van der Waals surface area contributed by atoms with Crippen LogP contribution in [0.25, 0.3) is 84.0 Å². The van der Waals surface area contributed by atoms with Crippen LogP contribution in [0.15, 0.2) is 328 Å². The molecule has 14 aromatic rings. The van der Waals surface area contributed by atoms with E-state index in [1.54, 1.807) is 0 Å². The van der Waals surface area contributed by atoms with Crippen LogP contribution in [0, 0.1) is 0 Å². The van der Waals surface area contributed by atoms with Gasteiger partial charge in [-0.15, -0.1) is 0 Å². The van der Waals surface area contributed by atoms with Crippen LogP contribution in [0.4, 0.5) is 34.1 Å². The second kappa shape index (κ2) is 34.9. The number of nitrogens with zero attached hydrogens (tertiary/aromatic N) is 2. The van der Waals surface area contributed by atoms with E-state index in [0.29, 0.717) is 0 Å². The maximum Gasteiger partial charge on any atom is 0.0714 e. The van der Waals surface area contributed by atoms with Crippen molar-refractivity contribution in [1.82, 2.24) is 0 Å². The zero-order valence-electron chi connectivity index (χ0n) is 75.5. The Morgan fingerprint density at radius 1 is 0.163 bits per heavy atom. The van der Waals surface area contributed by atoms with Crippen LogP contribution in [0.1, 0.15) is 247 Å². The lowest BCUT2D eigenvalue weighted by Gasteiger charge is -2.35. The number of benzene rings is 14. The molecule has 0 N–H and O–H groups in total. The average molecular weight is 1600 g/mol. The van der Waals surface area contributed by atoms with Gasteiger partial charge in [-0.3, -0.25) is 0 Å². The van der Waals surface area contributed by atoms with E-state index in [-0.39, 0.29) is 32.5 Å². The topological polar surface area (TPSA) is 6.48 Å². The first kappa shape index (κ1) is 85.1. The van der Waals surface area contributed by atoms with Gasteiger partial charge in [0, 0.05) is 34.1 Å². The molecule has 0 aliphatic heterocycles. The summed E-state index contributed by atoms with van der Waals surface area (Å²) in [5, 5.41) is 0. The Balaban J connectivity index is 0.881. The first-order chi connectivity index (χ1) is 58.6. The van der Waals surface area contributed by atoms with E-state index >= 15 is 0 Å². The largest absolute Gasteiger partial charge is 0.311 e. The maximum atomic E-state index is 2.48. The van der Waals surface area contributed by atoms with Gasteiger partial charge in [0.2, 0.25) is 0 Å². The Morgan fingerprint density at radius 2 is 0.301 bits per heavy atom. The average Bonchev–Trinajstić information content (AvgIpc) is 1.54. The van der Waals surface area contributed by atoms with E-state index in [1.807, 2.05) is 0 Å². The summed E-state index contributed by atoms with van der Waals surface area (Å²) in [6.07, 6.45) is 26.9. The number of hydrogen-bond donors (Lipinski definition) is 0. The minimum absolute atomic E-state index is 0.0436. The van der Waals surface area contributed by atoms with Gasteiger partial charge in [-0.2, -0.15) is 0 Å². The summed E-state index contributed by atoms with van der Waals surface area (Å²) < 4.78 is 0. The van der Waals surface area contributed by atoms with E-state index in [4.69, 9.17) is 0 Å². The molecule has 0 fully saturated rings. The Hall–Kier alpha value is -12.9. The van der Waals surface area contributed by atoms with Crippen molar-refractivity contribution in [3.8, 4) is 11.1 Å². The van der Waals surface area contributed by atoms with Gasteiger partial charge in [-0.25, -0.2) is 0 Å². The minimum Gasteiger partial charge on any atom is -0.311 e. The van der Waals surface area contributed by atoms with Crippen molar-refractivity contribution in [3.05, 3.63) is 450 Å². The zero-order chi connectivity index (χ0) is 86.6. The molecule has 614 valence electrons. The highest BCUT2D eigenvalue weighted by Gasteiger charge is 2.47. The first-order valence-corrected chi connectivity index (χ1v) is 43.9. The molecule has 0 spiro atoms. The van der Waals surface area contributed by atoms with Gasteiger partial charge in [0.15, 0.2) is 0 Å². The molecule has 14 aromatic carbocycles. The van der Waals surface area contributed by atoms with E-state index in [0.717, 1.165) is 89.8 Å². The third-order valence-electron chi connectivity index (χ3n) is 24.4. The molecule has 0 aromatic heterocycles. The predicted octanol–water partition coefficient (Wildman–Crippen LogP) is 33.8. The Bertz CT molecular complexity index is 5570. The number of hydrogen-bond acceptors (Lipinski definition) is 2. The highest BCUT2D eigenvalue weighted by molar-refractivity contribution is 5.91. The van der Waals surface area contributed by atoms with Crippen molar-refractivity contribution in [1.29, 1.82) is 0 Å². The van der Waals surface area contributed by atoms with Crippen molar-refractivity contribution in [2.75, 3.05) is 9.80 Å². The monoisotopic (exact) mass is 1600 g/mol. The van der Waals surface area contributed by atoms with Crippen LogP contribution in [0.2, 0.25) is 0 Å². The molecule has 0 amide bonds. The lowest BCUT2D eigenvalue weighted by Crippen LogP contribution is -2.29. The highest BCUT2D eigenvalue weighted by Crippen LogP contribution is 2.58. The summed E-state index contributed by atoms with van der Waals surface area (Å²) in [6.45, 7) is 40.9. The van der Waals surface area contributed by atoms with Crippen LogP contribution in [-0.4, -0.2) is 0 Å². The molecule has 0 saturated carbocycles. The first-order valence-electron chi connectivity index (χ1n) is 43.9. The molecule has 0 radical (unpaired) electrons. The van der Waals surface area contributed by atoms with Gasteiger partial charge in [0.05, 0.1) is 5.41 Å². The molecule has 0 bridgehead atoms. The molecular weight excluding hydrogens is 1480 g/mol. The molecule has 1 aliphatic rings. The summed E-state index contributed by atoms with van der Waals surface area (Å²) in [4.78, 5) is 4.81. The quantitative estimate of drug-likeness (QED) is 0.0702. The lowest BCUT2D eigenvalue weighted by atomic mass is 9.67. The molecule has 2 nitrogen and oxygen atoms in total. The van der Waals surface area contributed by atoms with E-state index in [2.05, 4.69) is 535 Å². The van der Waals surface area contributed by atoms with Crippen LogP contribution in [0.5, 0.6) is 0 Å². The summed E-state index contributed by atoms with van der Waals surface area (Å²) in [5.74, 6) is 0. The van der Waals surface area contributed by atoms with Crippen molar-refractivity contribution in [3.63, 3.8) is 0 Å². The van der Waals surface area contributed by atoms with Crippen molar-refractivity contribution in [2.24, 2.45) is 0 Å². The van der Waals surface area contributed by atoms with E-state index in [1.165, 1.54) is 77.9 Å². The number of anilines is 6. The second-order valence-corrected chi connectivity index (χ2v) is 39.7. The van der Waals surface area contributed by atoms with Crippen LogP contribution < -0.4 is 9.80 Å². The van der Waals surface area contributed by atoms with Crippen molar-refractivity contribution < 1.29 is 0 Å². The molecule has 0 unspecified atom stereocenters. The summed E-state index contributed by atoms with van der Waals surface area (Å²) in [6, 6.07) is 123. The van der Waals surface area contributed by atoms with Gasteiger partial charge in [-0.1, -0.05) is 440 Å². The zero-order valence-corrected chi connectivity index (χ0v) is 75.5. The third-order valence-corrected chi connectivity index (χ3v) is 24.4. The molecule has 123 heavy (non-hydrogen) atoms. The molecule has 15 rings (SSSR count). The Morgan fingerprint density at radius 3 is 0.463 bits per heavy atom. The maximum absolute atomic E-state index is 2.48. The molecule has 1 aliphatic carbocycles. The van der Waals surface area contributed by atoms with E-state index < -0.39 is 5.41 Å². The molecule has 0 heterocycles. The summed E-state index contributed by atoms with van der Waals surface area (Å²) in [7, 11) is 0. The standard InChI is InChI=1S/C121H120N2/c1-115(2,3)97-53-31-85(32-54-97)19-23-91-43-69-105(70-44-91)122(106-71-45-92(46-72-106)24-20-86-33-55-98(56-34-86)116(4,5)6)109-77-65-103(66-78-109)121(113-83-95(29-27-89-39-61-101(62-40-89)119(13,14)15)51-81-111(113)112-82-52-96(84-114(112)121)30-28-90-41-63-102(64-42-90)120(16,17)18)104-67-79-110(80-68-104)123(107-73-47-93(48-74-107)25-21-87-35-57-99(58-36-87)117(7,8)9)108-75-49-94(50-76-108)26-22-88-37-59-100(60-38-88)118(10,11)12/h19-84H,1-18H3/b23-19-,24-20+,25-21-,26-22+,29-27+,30-28+. The fourth-order valence-electron chi connectivity index (χ4n) is 16.6. The van der Waals surface area contributed by atoms with Gasteiger partial charge >= 0.3 is 0 Å². The van der Waals surface area contributed by atoms with Crippen molar-refractivity contribution >= 4 is 107 Å². The molecule has 0 saturated heterocycles. The highest BCUT2D eigenvalue weighted by atomic mass is 15.1. The van der Waals surface area contributed by atoms with Crippen molar-refractivity contribution in [2.45, 2.75) is 163 Å². The van der Waals surface area contributed by atoms with Gasteiger partial charge in [0.25, 0.3) is 0 Å². The third kappa shape index (κ3) is 19.9. The second-order valence-electron chi connectivity index (χ2n) is 39.7. The lowest BCUT2D eigenvalue weighted by molar-refractivity contribution is 0.590.